The summed E-state index contributed by atoms with van der Waals surface area (Å²) in [6, 6.07) is 1.70. The predicted octanol–water partition coefficient (Wildman–Crippen LogP) is 7.33. The van der Waals surface area contributed by atoms with E-state index in [9.17, 15) is 14.7 Å². The van der Waals surface area contributed by atoms with Gasteiger partial charge in [-0.25, -0.2) is 4.79 Å². The molecule has 5 rings (SSSR count). The van der Waals surface area contributed by atoms with E-state index in [0.717, 1.165) is 31.4 Å². The fourth-order valence-corrected chi connectivity index (χ4v) is 9.53. The Balaban J connectivity index is 1.43. The van der Waals surface area contributed by atoms with Crippen LogP contribution >= 0.6 is 0 Å². The first-order valence-electron chi connectivity index (χ1n) is 13.4. The van der Waals surface area contributed by atoms with Crippen LogP contribution in [0.2, 0.25) is 0 Å². The maximum atomic E-state index is 12.8. The number of carbonyl (C=O) groups excluding carboxylic acids is 1. The van der Waals surface area contributed by atoms with Gasteiger partial charge >= 0.3 is 5.97 Å². The minimum Gasteiger partial charge on any atom is -0.478 e. The number of carboxylic acid groups (broad SMARTS) is 1. The van der Waals surface area contributed by atoms with E-state index in [1.165, 1.54) is 31.9 Å². The predicted molar refractivity (Wildman–Crippen MR) is 133 cm³/mol. The zero-order valence-electron chi connectivity index (χ0n) is 21.9. The van der Waals surface area contributed by atoms with E-state index < -0.39 is 5.97 Å². The third kappa shape index (κ3) is 3.09. The van der Waals surface area contributed by atoms with Crippen molar-refractivity contribution in [2.75, 3.05) is 0 Å². The van der Waals surface area contributed by atoms with Gasteiger partial charge in [0.05, 0.1) is 5.56 Å². The Hall–Kier alpha value is -1.84. The Kier molecular flexibility index (Phi) is 5.32. The number of allylic oxidation sites excluding steroid dienone is 2. The third-order valence-corrected chi connectivity index (χ3v) is 11.8. The third-order valence-electron chi connectivity index (χ3n) is 11.8. The molecular weight excluding hydrogens is 424 g/mol. The van der Waals surface area contributed by atoms with Gasteiger partial charge < -0.3 is 9.52 Å². The number of fused-ring (bicyclic) bond motifs is 5. The fraction of sp³-hybridized carbons (Fsp3) is 0.733. The van der Waals surface area contributed by atoms with Crippen molar-refractivity contribution in [1.82, 2.24) is 0 Å². The molecule has 0 unspecified atom stereocenters. The first kappa shape index (κ1) is 23.9. The molecule has 0 saturated heterocycles. The molecule has 4 nitrogen and oxygen atoms in total. The second-order valence-corrected chi connectivity index (χ2v) is 13.4. The standard InChI is InChI=1S/C30H42O4/c1-18(15-20-16-19(17-34-20)26(32)33)21-9-13-30(6)23-7-8-24-27(2,3)25(31)11-12-28(24,4)22(23)10-14-29(21,30)5/h7,16-18,21-22,24H,8-15H2,1-6H3,(H,32,33)/t18-,21-,22+,24+,28-,29-,30+/m1/s1. The minimum atomic E-state index is -0.926. The number of hydrogen-bond donors (Lipinski definition) is 1. The maximum Gasteiger partial charge on any atom is 0.338 e. The van der Waals surface area contributed by atoms with Crippen LogP contribution in [0, 0.1) is 45.3 Å². The van der Waals surface area contributed by atoms with Crippen molar-refractivity contribution in [3.8, 4) is 0 Å². The van der Waals surface area contributed by atoms with E-state index in [2.05, 4.69) is 47.6 Å². The molecule has 1 aromatic rings. The summed E-state index contributed by atoms with van der Waals surface area (Å²) < 4.78 is 5.62. The summed E-state index contributed by atoms with van der Waals surface area (Å²) in [5, 5.41) is 9.25. The molecule has 1 N–H and O–H groups in total. The van der Waals surface area contributed by atoms with Crippen LogP contribution < -0.4 is 0 Å². The lowest BCUT2D eigenvalue weighted by atomic mass is 9.41. The number of aromatic carboxylic acids is 1. The van der Waals surface area contributed by atoms with E-state index in [4.69, 9.17) is 4.42 Å². The van der Waals surface area contributed by atoms with Gasteiger partial charge in [-0.1, -0.05) is 53.2 Å². The molecule has 1 heterocycles. The van der Waals surface area contributed by atoms with Gasteiger partial charge in [-0.15, -0.1) is 0 Å². The van der Waals surface area contributed by atoms with Crippen molar-refractivity contribution in [2.45, 2.75) is 92.9 Å². The van der Waals surface area contributed by atoms with Crippen LogP contribution in [-0.4, -0.2) is 16.9 Å². The zero-order valence-corrected chi connectivity index (χ0v) is 21.9. The lowest BCUT2D eigenvalue weighted by molar-refractivity contribution is -0.146. The van der Waals surface area contributed by atoms with Gasteiger partial charge in [0, 0.05) is 18.3 Å². The molecule has 3 fully saturated rings. The monoisotopic (exact) mass is 466 g/mol. The van der Waals surface area contributed by atoms with Crippen molar-refractivity contribution < 1.29 is 19.1 Å². The summed E-state index contributed by atoms with van der Waals surface area (Å²) in [4.78, 5) is 24.1. The smallest absolute Gasteiger partial charge is 0.338 e. The van der Waals surface area contributed by atoms with Gasteiger partial charge in [0.1, 0.15) is 17.8 Å². The lowest BCUT2D eigenvalue weighted by Gasteiger charge is -2.63. The van der Waals surface area contributed by atoms with E-state index >= 15 is 0 Å². The summed E-state index contributed by atoms with van der Waals surface area (Å²) in [6.45, 7) is 14.3. The molecule has 0 aliphatic heterocycles. The van der Waals surface area contributed by atoms with Gasteiger partial charge in [-0.2, -0.15) is 0 Å². The normalized spacial score (nSPS) is 41.8. The summed E-state index contributed by atoms with van der Waals surface area (Å²) in [5.41, 5.74) is 2.38. The van der Waals surface area contributed by atoms with Gasteiger partial charge in [0.25, 0.3) is 0 Å². The number of furan rings is 1. The first-order valence-corrected chi connectivity index (χ1v) is 13.4. The van der Waals surface area contributed by atoms with Crippen molar-refractivity contribution in [2.24, 2.45) is 45.3 Å². The van der Waals surface area contributed by atoms with Gasteiger partial charge in [-0.3, -0.25) is 4.79 Å². The molecule has 4 heteroatoms. The average Bonchev–Trinajstić information content (AvgIpc) is 3.33. The van der Waals surface area contributed by atoms with Crippen molar-refractivity contribution in [3.05, 3.63) is 35.3 Å². The van der Waals surface area contributed by atoms with E-state index in [1.807, 2.05) is 0 Å². The Morgan fingerprint density at radius 2 is 1.88 bits per heavy atom. The number of Topliss-reactive ketones (excluding diaryl/α,β-unsaturated/α-hetero) is 1. The summed E-state index contributed by atoms with van der Waals surface area (Å²) in [5.74, 6) is 2.39. The van der Waals surface area contributed by atoms with Gasteiger partial charge in [-0.05, 0) is 84.5 Å². The topological polar surface area (TPSA) is 67.5 Å². The zero-order chi connectivity index (χ0) is 24.7. The van der Waals surface area contributed by atoms with E-state index in [0.29, 0.717) is 29.5 Å². The summed E-state index contributed by atoms with van der Waals surface area (Å²) in [6.07, 6.45) is 12.5. The van der Waals surface area contributed by atoms with Crippen LogP contribution in [0.15, 0.2) is 28.4 Å². The number of carboxylic acids is 1. The average molecular weight is 467 g/mol. The van der Waals surface area contributed by atoms with Crippen LogP contribution in [0.1, 0.15) is 103 Å². The van der Waals surface area contributed by atoms with Crippen LogP contribution in [0.3, 0.4) is 0 Å². The van der Waals surface area contributed by atoms with Gasteiger partial charge in [0.15, 0.2) is 0 Å². The fourth-order valence-electron chi connectivity index (χ4n) is 9.53. The van der Waals surface area contributed by atoms with Crippen LogP contribution in [0.4, 0.5) is 0 Å². The molecule has 34 heavy (non-hydrogen) atoms. The Morgan fingerprint density at radius 3 is 2.56 bits per heavy atom. The highest BCUT2D eigenvalue weighted by molar-refractivity contribution is 5.87. The van der Waals surface area contributed by atoms with E-state index in [1.54, 1.807) is 11.6 Å². The van der Waals surface area contributed by atoms with Crippen molar-refractivity contribution in [3.63, 3.8) is 0 Å². The molecule has 0 aromatic carbocycles. The molecule has 0 amide bonds. The molecule has 4 aliphatic rings. The van der Waals surface area contributed by atoms with Crippen LogP contribution in [-0.2, 0) is 11.2 Å². The summed E-state index contributed by atoms with van der Waals surface area (Å²) >= 11 is 0. The van der Waals surface area contributed by atoms with E-state index in [-0.39, 0.29) is 27.2 Å². The lowest BCUT2D eigenvalue weighted by Crippen LogP contribution is -2.57. The summed E-state index contributed by atoms with van der Waals surface area (Å²) in [7, 11) is 0. The minimum absolute atomic E-state index is 0.198. The molecule has 0 radical (unpaired) electrons. The highest BCUT2D eigenvalue weighted by atomic mass is 16.4. The van der Waals surface area contributed by atoms with Crippen molar-refractivity contribution in [1.29, 1.82) is 0 Å². The molecule has 0 bridgehead atoms. The van der Waals surface area contributed by atoms with Crippen LogP contribution in [0.5, 0.6) is 0 Å². The Morgan fingerprint density at radius 1 is 1.15 bits per heavy atom. The Labute approximate surface area is 204 Å². The quantitative estimate of drug-likeness (QED) is 0.472. The first-order chi connectivity index (χ1) is 15.8. The number of rotatable bonds is 4. The molecule has 186 valence electrons. The Bertz CT molecular complexity index is 1050. The van der Waals surface area contributed by atoms with Gasteiger partial charge in [0.2, 0.25) is 0 Å². The number of hydrogen-bond acceptors (Lipinski definition) is 3. The molecule has 3 saturated carbocycles. The second kappa shape index (κ2) is 7.58. The molecule has 7 atom stereocenters. The van der Waals surface area contributed by atoms with Crippen LogP contribution in [0.25, 0.3) is 0 Å². The maximum absolute atomic E-state index is 12.8. The van der Waals surface area contributed by atoms with Crippen molar-refractivity contribution >= 4 is 11.8 Å². The second-order valence-electron chi connectivity index (χ2n) is 13.4. The number of ketones is 1. The molecule has 1 aromatic heterocycles. The highest BCUT2D eigenvalue weighted by Gasteiger charge is 2.65. The molecule has 4 aliphatic carbocycles. The number of carbonyl (C=O) groups is 2. The molecular formula is C30H42O4. The molecule has 0 spiro atoms. The largest absolute Gasteiger partial charge is 0.478 e. The SMILES string of the molecule is C[C@H](Cc1cc(C(=O)O)co1)[C@H]1CC[C@@]2(C)C3=CC[C@H]4C(C)(C)C(=O)CC[C@]4(C)[C@H]3CC[C@]12C. The highest BCUT2D eigenvalue weighted by Crippen LogP contribution is 2.73.